The zero-order valence-corrected chi connectivity index (χ0v) is 22.5. The van der Waals surface area contributed by atoms with Gasteiger partial charge >= 0.3 is 5.97 Å². The number of carboxylic acid groups (broad SMARTS) is 1. The van der Waals surface area contributed by atoms with Crippen LogP contribution in [0.1, 0.15) is 90.9 Å². The number of hydrogen-bond donors (Lipinski definition) is 2. The maximum absolute atomic E-state index is 11.6. The van der Waals surface area contributed by atoms with E-state index in [2.05, 4.69) is 60.1 Å². The van der Waals surface area contributed by atoms with Crippen molar-refractivity contribution in [3.63, 3.8) is 0 Å². The summed E-state index contributed by atoms with van der Waals surface area (Å²) in [6.07, 6.45) is 11.1. The third kappa shape index (κ3) is 7.89. The number of aromatic carboxylic acids is 1. The molecule has 0 bridgehead atoms. The second kappa shape index (κ2) is 13.7. The molecule has 0 radical (unpaired) electrons. The van der Waals surface area contributed by atoms with Gasteiger partial charge in [0, 0.05) is 29.9 Å². The van der Waals surface area contributed by atoms with E-state index in [9.17, 15) is 15.0 Å². The molecule has 198 valence electrons. The Balaban J connectivity index is 1.44. The zero-order valence-electron chi connectivity index (χ0n) is 22.5. The predicted octanol–water partition coefficient (Wildman–Crippen LogP) is 7.81. The minimum Gasteiger partial charge on any atom is -0.507 e. The number of nitrogens with zero attached hydrogens (tertiary/aromatic N) is 1. The van der Waals surface area contributed by atoms with Crippen LogP contribution in [0.4, 0.5) is 5.69 Å². The lowest BCUT2D eigenvalue weighted by Gasteiger charge is -2.26. The molecular weight excluding hydrogens is 470 g/mol. The van der Waals surface area contributed by atoms with Crippen molar-refractivity contribution in [2.24, 2.45) is 5.92 Å². The van der Waals surface area contributed by atoms with Gasteiger partial charge in [0.05, 0.1) is 0 Å². The first kappa shape index (κ1) is 27.3. The Morgan fingerprint density at radius 1 is 0.895 bits per heavy atom. The van der Waals surface area contributed by atoms with Gasteiger partial charge in [0.2, 0.25) is 0 Å². The quantitative estimate of drug-likeness (QED) is 0.259. The second-order valence-electron chi connectivity index (χ2n) is 10.5. The molecule has 0 spiro atoms. The van der Waals surface area contributed by atoms with Crippen LogP contribution in [-0.2, 0) is 13.0 Å². The van der Waals surface area contributed by atoms with Gasteiger partial charge in [0.15, 0.2) is 0 Å². The number of hydrogen-bond acceptors (Lipinski definition) is 3. The van der Waals surface area contributed by atoms with Crippen molar-refractivity contribution < 1.29 is 15.0 Å². The first-order valence-corrected chi connectivity index (χ1v) is 14.0. The minimum absolute atomic E-state index is 0.0627. The number of carboxylic acids is 1. The van der Waals surface area contributed by atoms with Gasteiger partial charge in [-0.15, -0.1) is 0 Å². The van der Waals surface area contributed by atoms with Crippen molar-refractivity contribution in [1.29, 1.82) is 0 Å². The highest BCUT2D eigenvalue weighted by molar-refractivity contribution is 5.92. The molecule has 2 N–H and O–H groups in total. The highest BCUT2D eigenvalue weighted by Gasteiger charge is 2.17. The molecule has 0 unspecified atom stereocenters. The van der Waals surface area contributed by atoms with E-state index in [1.165, 1.54) is 56.6 Å². The molecule has 38 heavy (non-hydrogen) atoms. The van der Waals surface area contributed by atoms with Crippen LogP contribution in [0.5, 0.6) is 5.75 Å². The van der Waals surface area contributed by atoms with Crippen LogP contribution in [0.15, 0.2) is 66.7 Å². The fraction of sp³-hybridized carbons (Fsp3) is 0.382. The highest BCUT2D eigenvalue weighted by Crippen LogP contribution is 2.30. The number of anilines is 1. The molecule has 3 aromatic rings. The van der Waals surface area contributed by atoms with Crippen LogP contribution in [0.25, 0.3) is 0 Å². The van der Waals surface area contributed by atoms with Crippen LogP contribution in [0.3, 0.4) is 0 Å². The summed E-state index contributed by atoms with van der Waals surface area (Å²) in [6.45, 7) is 3.72. The summed E-state index contributed by atoms with van der Waals surface area (Å²) in [6, 6.07) is 21.7. The second-order valence-corrected chi connectivity index (χ2v) is 10.5. The monoisotopic (exact) mass is 509 g/mol. The Kier molecular flexibility index (Phi) is 9.87. The molecule has 0 heterocycles. The number of aryl methyl sites for hydroxylation is 1. The molecule has 0 aliphatic heterocycles. The average molecular weight is 510 g/mol. The standard InChI is InChI=1S/C34H39NO3/c1-2-3-7-27-11-13-28(14-12-27)15-16-29-17-19-30(20-18-29)25-35(23-6-10-26-8-4-5-9-26)31-21-22-33(36)32(24-31)34(37)38/h11-14,17-22,24,26,36H,2-10,23,25H2,1H3,(H,37,38). The molecule has 1 aliphatic rings. The Bertz CT molecular complexity index is 1250. The smallest absolute Gasteiger partial charge is 0.339 e. The summed E-state index contributed by atoms with van der Waals surface area (Å²) in [5, 5.41) is 19.5. The molecule has 1 saturated carbocycles. The number of phenols is 1. The topological polar surface area (TPSA) is 60.8 Å². The maximum Gasteiger partial charge on any atom is 0.339 e. The van der Waals surface area contributed by atoms with E-state index >= 15 is 0 Å². The average Bonchev–Trinajstić information content (AvgIpc) is 3.45. The van der Waals surface area contributed by atoms with E-state index in [-0.39, 0.29) is 11.3 Å². The Morgan fingerprint density at radius 3 is 2.13 bits per heavy atom. The van der Waals surface area contributed by atoms with E-state index in [0.717, 1.165) is 47.7 Å². The Hall–Kier alpha value is -3.71. The van der Waals surface area contributed by atoms with Crippen molar-refractivity contribution >= 4 is 11.7 Å². The number of carbonyl (C=O) groups is 1. The summed E-state index contributed by atoms with van der Waals surface area (Å²) < 4.78 is 0. The lowest BCUT2D eigenvalue weighted by Crippen LogP contribution is -2.24. The van der Waals surface area contributed by atoms with Gasteiger partial charge in [-0.1, -0.05) is 75.1 Å². The first-order chi connectivity index (χ1) is 18.5. The molecule has 4 rings (SSSR count). The maximum atomic E-state index is 11.6. The molecule has 0 atom stereocenters. The summed E-state index contributed by atoms with van der Waals surface area (Å²) in [4.78, 5) is 13.8. The van der Waals surface area contributed by atoms with E-state index in [1.54, 1.807) is 6.07 Å². The van der Waals surface area contributed by atoms with E-state index in [0.29, 0.717) is 6.54 Å². The van der Waals surface area contributed by atoms with Crippen LogP contribution in [0, 0.1) is 17.8 Å². The molecule has 4 nitrogen and oxygen atoms in total. The van der Waals surface area contributed by atoms with Gasteiger partial charge in [-0.2, -0.15) is 0 Å². The van der Waals surface area contributed by atoms with Gasteiger partial charge in [-0.25, -0.2) is 4.79 Å². The normalized spacial score (nSPS) is 13.2. The molecule has 0 saturated heterocycles. The molecule has 1 aliphatic carbocycles. The lowest BCUT2D eigenvalue weighted by molar-refractivity contribution is 0.0693. The van der Waals surface area contributed by atoms with Crippen LogP contribution in [0.2, 0.25) is 0 Å². The molecule has 3 aromatic carbocycles. The van der Waals surface area contributed by atoms with Gasteiger partial charge < -0.3 is 15.1 Å². The van der Waals surface area contributed by atoms with Gasteiger partial charge in [0.25, 0.3) is 0 Å². The number of unbranched alkanes of at least 4 members (excludes halogenated alkanes) is 1. The third-order valence-electron chi connectivity index (χ3n) is 7.54. The summed E-state index contributed by atoms with van der Waals surface area (Å²) in [7, 11) is 0. The summed E-state index contributed by atoms with van der Waals surface area (Å²) in [5.74, 6) is 6.03. The molecule has 4 heteroatoms. The largest absolute Gasteiger partial charge is 0.507 e. The highest BCUT2D eigenvalue weighted by atomic mass is 16.4. The molecular formula is C34H39NO3. The van der Waals surface area contributed by atoms with Gasteiger partial charge in [-0.3, -0.25) is 0 Å². The third-order valence-corrected chi connectivity index (χ3v) is 7.54. The van der Waals surface area contributed by atoms with Gasteiger partial charge in [0.1, 0.15) is 11.3 Å². The van der Waals surface area contributed by atoms with Crippen molar-refractivity contribution in [1.82, 2.24) is 0 Å². The Labute approximate surface area is 227 Å². The number of benzene rings is 3. The fourth-order valence-electron chi connectivity index (χ4n) is 5.26. The predicted molar refractivity (Wildman–Crippen MR) is 155 cm³/mol. The van der Waals surface area contributed by atoms with Gasteiger partial charge in [-0.05, 0) is 85.2 Å². The fourth-order valence-corrected chi connectivity index (χ4v) is 5.26. The summed E-state index contributed by atoms with van der Waals surface area (Å²) in [5.41, 5.74) is 5.24. The number of rotatable bonds is 11. The van der Waals surface area contributed by atoms with Crippen molar-refractivity contribution in [3.8, 4) is 17.6 Å². The summed E-state index contributed by atoms with van der Waals surface area (Å²) >= 11 is 0. The molecule has 0 amide bonds. The van der Waals surface area contributed by atoms with Crippen molar-refractivity contribution in [2.45, 2.75) is 71.3 Å². The zero-order chi connectivity index (χ0) is 26.7. The first-order valence-electron chi connectivity index (χ1n) is 14.0. The van der Waals surface area contributed by atoms with Crippen molar-refractivity contribution in [2.75, 3.05) is 11.4 Å². The lowest BCUT2D eigenvalue weighted by atomic mass is 10.0. The van der Waals surface area contributed by atoms with Crippen LogP contribution >= 0.6 is 0 Å². The molecule has 1 fully saturated rings. The van der Waals surface area contributed by atoms with E-state index in [4.69, 9.17) is 0 Å². The van der Waals surface area contributed by atoms with E-state index < -0.39 is 5.97 Å². The van der Waals surface area contributed by atoms with Crippen LogP contribution < -0.4 is 4.90 Å². The Morgan fingerprint density at radius 2 is 1.53 bits per heavy atom. The molecule has 0 aromatic heterocycles. The minimum atomic E-state index is -1.12. The SMILES string of the molecule is CCCCc1ccc(C#Cc2ccc(CN(CCCC3CCCC3)c3ccc(O)c(C(=O)O)c3)cc2)cc1. The number of aromatic hydroxyl groups is 1. The van der Waals surface area contributed by atoms with Crippen molar-refractivity contribution in [3.05, 3.63) is 94.5 Å². The van der Waals surface area contributed by atoms with E-state index in [1.807, 2.05) is 18.2 Å². The van der Waals surface area contributed by atoms with Crippen LogP contribution in [-0.4, -0.2) is 22.7 Å².